The lowest BCUT2D eigenvalue weighted by molar-refractivity contribution is 0.721. The molecule has 2 heteroatoms. The topological polar surface area (TPSA) is 12.0 Å². The van der Waals surface area contributed by atoms with Gasteiger partial charge < -0.3 is 5.32 Å². The Labute approximate surface area is 57.0 Å². The lowest BCUT2D eigenvalue weighted by atomic mass is 10.2. The molecule has 0 unspecified atom stereocenters. The number of hydrogen-bond donors (Lipinski definition) is 1. The van der Waals surface area contributed by atoms with Crippen LogP contribution in [-0.2, 0) is 0 Å². The quantitative estimate of drug-likeness (QED) is 0.502. The fraction of sp³-hybridized carbons (Fsp3) is 0.833. The highest BCUT2D eigenvalue weighted by atomic mass is 32.1. The van der Waals surface area contributed by atoms with E-state index >= 15 is 0 Å². The fourth-order valence-corrected chi connectivity index (χ4v) is 1.15. The highest BCUT2D eigenvalue weighted by Gasteiger charge is 1.99. The fourth-order valence-electron chi connectivity index (χ4n) is 0.904. The number of rotatable bonds is 0. The van der Waals surface area contributed by atoms with Gasteiger partial charge in [-0.15, -0.1) is 0 Å². The molecule has 0 saturated carbocycles. The van der Waals surface area contributed by atoms with E-state index in [2.05, 4.69) is 5.32 Å². The molecular weight excluding hydrogens is 118 g/mol. The molecule has 1 nitrogen and oxygen atoms in total. The lowest BCUT2D eigenvalue weighted by Gasteiger charge is -1.97. The molecule has 1 aliphatic rings. The van der Waals surface area contributed by atoms with Crippen LogP contribution in [0.2, 0.25) is 0 Å². The third-order valence-corrected chi connectivity index (χ3v) is 1.75. The van der Waals surface area contributed by atoms with E-state index in [4.69, 9.17) is 12.2 Å². The van der Waals surface area contributed by atoms with Crippen LogP contribution in [0.25, 0.3) is 0 Å². The zero-order chi connectivity index (χ0) is 5.82. The maximum Gasteiger partial charge on any atom is 0.0753 e. The SMILES string of the molecule is S=C1CCCCCN1.[HH]. The molecule has 1 heterocycles. The van der Waals surface area contributed by atoms with Crippen molar-refractivity contribution in [3.05, 3.63) is 0 Å². The van der Waals surface area contributed by atoms with Crippen LogP contribution in [0.1, 0.15) is 27.1 Å². The normalized spacial score (nSPS) is 21.8. The first-order chi connectivity index (χ1) is 3.89. The summed E-state index contributed by atoms with van der Waals surface area (Å²) < 4.78 is 0. The number of thiocarbonyl (C=S) groups is 1. The number of hydrogen-bond acceptors (Lipinski definition) is 1. The summed E-state index contributed by atoms with van der Waals surface area (Å²) in [6.45, 7) is 1.10. The Morgan fingerprint density at radius 3 is 3.12 bits per heavy atom. The molecule has 0 atom stereocenters. The third-order valence-electron chi connectivity index (χ3n) is 1.40. The monoisotopic (exact) mass is 131 g/mol. The summed E-state index contributed by atoms with van der Waals surface area (Å²) in [6.07, 6.45) is 5.02. The lowest BCUT2D eigenvalue weighted by Crippen LogP contribution is -2.19. The highest BCUT2D eigenvalue weighted by Crippen LogP contribution is 2.03. The summed E-state index contributed by atoms with van der Waals surface area (Å²) in [5.41, 5.74) is 0. The van der Waals surface area contributed by atoms with E-state index in [9.17, 15) is 0 Å². The molecule has 8 heavy (non-hydrogen) atoms. The van der Waals surface area contributed by atoms with Crippen LogP contribution < -0.4 is 5.32 Å². The van der Waals surface area contributed by atoms with E-state index in [0.717, 1.165) is 18.0 Å². The highest BCUT2D eigenvalue weighted by molar-refractivity contribution is 7.80. The van der Waals surface area contributed by atoms with Crippen molar-refractivity contribution in [1.29, 1.82) is 0 Å². The number of nitrogens with one attached hydrogen (secondary N) is 1. The van der Waals surface area contributed by atoms with Gasteiger partial charge in [-0.25, -0.2) is 0 Å². The van der Waals surface area contributed by atoms with E-state index in [1.165, 1.54) is 19.3 Å². The molecule has 1 saturated heterocycles. The van der Waals surface area contributed by atoms with Gasteiger partial charge in [0.2, 0.25) is 0 Å². The molecule has 1 N–H and O–H groups in total. The molecule has 1 fully saturated rings. The zero-order valence-corrected chi connectivity index (χ0v) is 5.76. The molecule has 0 bridgehead atoms. The van der Waals surface area contributed by atoms with Gasteiger partial charge in [-0.3, -0.25) is 0 Å². The van der Waals surface area contributed by atoms with Crippen molar-refractivity contribution in [3.63, 3.8) is 0 Å². The van der Waals surface area contributed by atoms with Crippen LogP contribution in [0.15, 0.2) is 0 Å². The predicted molar refractivity (Wildman–Crippen MR) is 41.2 cm³/mol. The molecular formula is C6H13NS. The summed E-state index contributed by atoms with van der Waals surface area (Å²) in [5.74, 6) is 0. The van der Waals surface area contributed by atoms with E-state index in [-0.39, 0.29) is 1.43 Å². The van der Waals surface area contributed by atoms with Crippen LogP contribution in [0.3, 0.4) is 0 Å². The Balaban J connectivity index is 0.000000640. The first-order valence-electron chi connectivity index (χ1n) is 3.16. The maximum absolute atomic E-state index is 4.98. The van der Waals surface area contributed by atoms with Crippen molar-refractivity contribution in [1.82, 2.24) is 5.32 Å². The van der Waals surface area contributed by atoms with Crippen molar-refractivity contribution in [2.75, 3.05) is 6.54 Å². The largest absolute Gasteiger partial charge is 0.380 e. The summed E-state index contributed by atoms with van der Waals surface area (Å²) in [4.78, 5) is 1.06. The second-order valence-electron chi connectivity index (χ2n) is 2.16. The van der Waals surface area contributed by atoms with Crippen LogP contribution in [0.5, 0.6) is 0 Å². The van der Waals surface area contributed by atoms with E-state index < -0.39 is 0 Å². The summed E-state index contributed by atoms with van der Waals surface area (Å²) in [7, 11) is 0. The van der Waals surface area contributed by atoms with Gasteiger partial charge in [0.05, 0.1) is 4.99 Å². The van der Waals surface area contributed by atoms with Gasteiger partial charge in [-0.1, -0.05) is 18.6 Å². The summed E-state index contributed by atoms with van der Waals surface area (Å²) in [6, 6.07) is 0. The molecule has 0 spiro atoms. The van der Waals surface area contributed by atoms with Crippen LogP contribution >= 0.6 is 12.2 Å². The Bertz CT molecular complexity index is 85.1. The molecule has 0 radical (unpaired) electrons. The van der Waals surface area contributed by atoms with Crippen molar-refractivity contribution in [2.45, 2.75) is 25.7 Å². The molecule has 48 valence electrons. The minimum Gasteiger partial charge on any atom is -0.380 e. The van der Waals surface area contributed by atoms with Crippen molar-refractivity contribution < 1.29 is 1.43 Å². The average Bonchev–Trinajstić information content (AvgIpc) is 1.94. The molecule has 1 rings (SSSR count). The van der Waals surface area contributed by atoms with Crippen molar-refractivity contribution >= 4 is 17.2 Å². The molecule has 0 aromatic heterocycles. The van der Waals surface area contributed by atoms with Gasteiger partial charge in [-0.2, -0.15) is 0 Å². The standard InChI is InChI=1S/C6H11NS.H2/c8-6-4-2-1-3-5-7-6;/h1-5H2,(H,7,8);1H. The first kappa shape index (κ1) is 6.02. The molecule has 0 aromatic carbocycles. The zero-order valence-electron chi connectivity index (χ0n) is 4.94. The predicted octanol–water partition coefficient (Wildman–Crippen LogP) is 1.72. The smallest absolute Gasteiger partial charge is 0.0753 e. The van der Waals surface area contributed by atoms with Crippen molar-refractivity contribution in [2.24, 2.45) is 0 Å². The van der Waals surface area contributed by atoms with E-state index in [1.807, 2.05) is 0 Å². The van der Waals surface area contributed by atoms with E-state index in [1.54, 1.807) is 0 Å². The van der Waals surface area contributed by atoms with Gasteiger partial charge in [0.25, 0.3) is 0 Å². The average molecular weight is 131 g/mol. The van der Waals surface area contributed by atoms with Crippen molar-refractivity contribution in [3.8, 4) is 0 Å². The minimum atomic E-state index is 0. The molecule has 0 aromatic rings. The van der Waals surface area contributed by atoms with Gasteiger partial charge in [0.15, 0.2) is 0 Å². The summed E-state index contributed by atoms with van der Waals surface area (Å²) in [5, 5.41) is 3.18. The summed E-state index contributed by atoms with van der Waals surface area (Å²) >= 11 is 4.98. The van der Waals surface area contributed by atoms with Crippen LogP contribution in [-0.4, -0.2) is 11.5 Å². The Morgan fingerprint density at radius 2 is 2.25 bits per heavy atom. The van der Waals surface area contributed by atoms with Gasteiger partial charge in [-0.05, 0) is 19.3 Å². The molecule has 0 aliphatic carbocycles. The molecule has 0 amide bonds. The van der Waals surface area contributed by atoms with Gasteiger partial charge >= 0.3 is 0 Å². The Kier molecular flexibility index (Phi) is 2.27. The van der Waals surface area contributed by atoms with Gasteiger partial charge in [0, 0.05) is 7.97 Å². The Morgan fingerprint density at radius 1 is 1.38 bits per heavy atom. The maximum atomic E-state index is 4.98. The second-order valence-corrected chi connectivity index (χ2v) is 2.65. The third kappa shape index (κ3) is 1.78. The second kappa shape index (κ2) is 3.02. The van der Waals surface area contributed by atoms with Crippen LogP contribution in [0, 0.1) is 0 Å². The van der Waals surface area contributed by atoms with E-state index in [0.29, 0.717) is 0 Å². The van der Waals surface area contributed by atoms with Gasteiger partial charge in [0.1, 0.15) is 0 Å². The first-order valence-corrected chi connectivity index (χ1v) is 3.57. The molecule has 1 aliphatic heterocycles. The Hall–Kier alpha value is -0.110. The minimum absolute atomic E-state index is 0. The van der Waals surface area contributed by atoms with Crippen LogP contribution in [0.4, 0.5) is 0 Å².